The summed E-state index contributed by atoms with van der Waals surface area (Å²) < 4.78 is 5.21. The SMILES string of the molecule is CCC(CC)(CN)C(=O)Nc1cc(Cl)ccc1OC. The number of ether oxygens (including phenoxy) is 1. The number of amides is 1. The van der Waals surface area contributed by atoms with Crippen molar-refractivity contribution < 1.29 is 9.53 Å². The summed E-state index contributed by atoms with van der Waals surface area (Å²) in [6.45, 7) is 4.24. The number of hydrogen-bond donors (Lipinski definition) is 2. The summed E-state index contributed by atoms with van der Waals surface area (Å²) >= 11 is 5.94. The van der Waals surface area contributed by atoms with Gasteiger partial charge in [-0.3, -0.25) is 4.79 Å². The third kappa shape index (κ3) is 3.39. The molecule has 0 unspecified atom stereocenters. The average Bonchev–Trinajstić information content (AvgIpc) is 2.41. The predicted molar refractivity (Wildman–Crippen MR) is 78.7 cm³/mol. The Balaban J connectivity index is 3.01. The summed E-state index contributed by atoms with van der Waals surface area (Å²) in [5.41, 5.74) is 5.79. The second-order valence-corrected chi connectivity index (χ2v) is 4.93. The lowest BCUT2D eigenvalue weighted by atomic mass is 9.81. The molecule has 0 bridgehead atoms. The topological polar surface area (TPSA) is 64.4 Å². The van der Waals surface area contributed by atoms with Crippen LogP contribution in [0.15, 0.2) is 18.2 Å². The van der Waals surface area contributed by atoms with Gasteiger partial charge in [0.25, 0.3) is 0 Å². The van der Waals surface area contributed by atoms with Crippen LogP contribution in [-0.2, 0) is 4.79 Å². The Morgan fingerprint density at radius 3 is 2.53 bits per heavy atom. The summed E-state index contributed by atoms with van der Waals surface area (Å²) in [6.07, 6.45) is 1.38. The minimum atomic E-state index is -0.548. The van der Waals surface area contributed by atoms with E-state index in [9.17, 15) is 4.79 Å². The van der Waals surface area contributed by atoms with Crippen LogP contribution in [0.5, 0.6) is 5.75 Å². The van der Waals surface area contributed by atoms with E-state index in [1.54, 1.807) is 25.3 Å². The largest absolute Gasteiger partial charge is 0.495 e. The smallest absolute Gasteiger partial charge is 0.231 e. The van der Waals surface area contributed by atoms with Crippen LogP contribution in [0.4, 0.5) is 5.69 Å². The first-order valence-electron chi connectivity index (χ1n) is 6.38. The highest BCUT2D eigenvalue weighted by molar-refractivity contribution is 6.31. The fourth-order valence-electron chi connectivity index (χ4n) is 1.99. The molecule has 0 fully saturated rings. The number of hydrogen-bond acceptors (Lipinski definition) is 3. The van der Waals surface area contributed by atoms with Crippen molar-refractivity contribution in [1.29, 1.82) is 0 Å². The Morgan fingerprint density at radius 1 is 1.42 bits per heavy atom. The van der Waals surface area contributed by atoms with Crippen LogP contribution in [0.25, 0.3) is 0 Å². The standard InChI is InChI=1S/C14H21ClN2O2/c1-4-14(5-2,9-16)13(18)17-11-8-10(15)6-7-12(11)19-3/h6-8H,4-5,9,16H2,1-3H3,(H,17,18). The second kappa shape index (κ2) is 6.78. The van der Waals surface area contributed by atoms with Crippen molar-refractivity contribution >= 4 is 23.2 Å². The Morgan fingerprint density at radius 2 is 2.05 bits per heavy atom. The van der Waals surface area contributed by atoms with Crippen molar-refractivity contribution in [3.63, 3.8) is 0 Å². The molecular formula is C14H21ClN2O2. The lowest BCUT2D eigenvalue weighted by Gasteiger charge is -2.28. The lowest BCUT2D eigenvalue weighted by molar-refractivity contribution is -0.125. The number of anilines is 1. The van der Waals surface area contributed by atoms with Gasteiger partial charge in [0.05, 0.1) is 18.2 Å². The molecule has 0 aromatic heterocycles. The maximum absolute atomic E-state index is 12.4. The van der Waals surface area contributed by atoms with Crippen molar-refractivity contribution in [2.24, 2.45) is 11.1 Å². The molecule has 0 heterocycles. The summed E-state index contributed by atoms with van der Waals surface area (Å²) in [5.74, 6) is 0.483. The van der Waals surface area contributed by atoms with Crippen LogP contribution >= 0.6 is 11.6 Å². The van der Waals surface area contributed by atoms with Crippen LogP contribution in [0.1, 0.15) is 26.7 Å². The number of methoxy groups -OCH3 is 1. The fraction of sp³-hybridized carbons (Fsp3) is 0.500. The number of nitrogens with two attached hydrogens (primary N) is 1. The Bertz CT molecular complexity index is 437. The molecule has 0 saturated heterocycles. The normalized spacial score (nSPS) is 11.2. The van der Waals surface area contributed by atoms with Crippen LogP contribution in [0, 0.1) is 5.41 Å². The maximum Gasteiger partial charge on any atom is 0.231 e. The Kier molecular flexibility index (Phi) is 5.63. The van der Waals surface area contributed by atoms with Crippen LogP contribution < -0.4 is 15.8 Å². The summed E-state index contributed by atoms with van der Waals surface area (Å²) in [7, 11) is 1.55. The van der Waals surface area contributed by atoms with Crippen molar-refractivity contribution in [2.75, 3.05) is 19.0 Å². The number of halogens is 1. The third-order valence-corrected chi connectivity index (χ3v) is 3.87. The number of carbonyl (C=O) groups is 1. The summed E-state index contributed by atoms with van der Waals surface area (Å²) in [6, 6.07) is 5.11. The molecule has 1 aromatic rings. The van der Waals surface area contributed by atoms with E-state index in [4.69, 9.17) is 22.1 Å². The zero-order chi connectivity index (χ0) is 14.5. The molecule has 1 amide bonds. The minimum Gasteiger partial charge on any atom is -0.495 e. The molecule has 5 heteroatoms. The maximum atomic E-state index is 12.4. The van der Waals surface area contributed by atoms with Crippen molar-refractivity contribution in [3.05, 3.63) is 23.2 Å². The molecule has 3 N–H and O–H groups in total. The quantitative estimate of drug-likeness (QED) is 0.844. The highest BCUT2D eigenvalue weighted by atomic mass is 35.5. The molecule has 106 valence electrons. The zero-order valence-corrected chi connectivity index (χ0v) is 12.4. The van der Waals surface area contributed by atoms with E-state index in [1.165, 1.54) is 0 Å². The van der Waals surface area contributed by atoms with Gasteiger partial charge < -0.3 is 15.8 Å². The number of nitrogens with one attached hydrogen (secondary N) is 1. The van der Waals surface area contributed by atoms with E-state index in [1.807, 2.05) is 13.8 Å². The van der Waals surface area contributed by atoms with Gasteiger partial charge in [-0.2, -0.15) is 0 Å². The van der Waals surface area contributed by atoms with Gasteiger partial charge in [0.1, 0.15) is 5.75 Å². The molecule has 19 heavy (non-hydrogen) atoms. The van der Waals surface area contributed by atoms with E-state index in [0.29, 0.717) is 35.8 Å². The second-order valence-electron chi connectivity index (χ2n) is 4.49. The molecule has 0 radical (unpaired) electrons. The third-order valence-electron chi connectivity index (χ3n) is 3.64. The van der Waals surface area contributed by atoms with Crippen molar-refractivity contribution in [2.45, 2.75) is 26.7 Å². The number of benzene rings is 1. The Labute approximate surface area is 119 Å². The van der Waals surface area contributed by atoms with Crippen LogP contribution in [0.2, 0.25) is 5.02 Å². The molecular weight excluding hydrogens is 264 g/mol. The molecule has 0 aliphatic heterocycles. The fourth-order valence-corrected chi connectivity index (χ4v) is 2.16. The van der Waals surface area contributed by atoms with Gasteiger partial charge in [-0.05, 0) is 31.0 Å². The summed E-state index contributed by atoms with van der Waals surface area (Å²) in [5, 5.41) is 3.41. The van der Waals surface area contributed by atoms with Gasteiger partial charge >= 0.3 is 0 Å². The number of carbonyl (C=O) groups excluding carboxylic acids is 1. The highest BCUT2D eigenvalue weighted by Gasteiger charge is 2.33. The number of rotatable bonds is 6. The van der Waals surface area contributed by atoms with Crippen molar-refractivity contribution in [1.82, 2.24) is 0 Å². The van der Waals surface area contributed by atoms with E-state index in [-0.39, 0.29) is 5.91 Å². The first-order valence-corrected chi connectivity index (χ1v) is 6.75. The molecule has 0 saturated carbocycles. The first-order chi connectivity index (χ1) is 9.02. The van der Waals surface area contributed by atoms with Gasteiger partial charge in [-0.1, -0.05) is 25.4 Å². The molecule has 4 nitrogen and oxygen atoms in total. The lowest BCUT2D eigenvalue weighted by Crippen LogP contribution is -2.41. The van der Waals surface area contributed by atoms with Gasteiger partial charge in [0.2, 0.25) is 5.91 Å². The van der Waals surface area contributed by atoms with E-state index < -0.39 is 5.41 Å². The van der Waals surface area contributed by atoms with E-state index in [0.717, 1.165) is 0 Å². The van der Waals surface area contributed by atoms with Crippen molar-refractivity contribution in [3.8, 4) is 5.75 Å². The van der Waals surface area contributed by atoms with E-state index >= 15 is 0 Å². The van der Waals surface area contributed by atoms with Crippen LogP contribution in [-0.4, -0.2) is 19.6 Å². The minimum absolute atomic E-state index is 0.0967. The predicted octanol–water partition coefficient (Wildman–Crippen LogP) is 3.05. The monoisotopic (exact) mass is 284 g/mol. The molecule has 0 spiro atoms. The average molecular weight is 285 g/mol. The van der Waals surface area contributed by atoms with Gasteiger partial charge in [0.15, 0.2) is 0 Å². The van der Waals surface area contributed by atoms with Gasteiger partial charge in [-0.15, -0.1) is 0 Å². The van der Waals surface area contributed by atoms with Gasteiger partial charge in [0, 0.05) is 11.6 Å². The highest BCUT2D eigenvalue weighted by Crippen LogP contribution is 2.31. The molecule has 0 aliphatic rings. The molecule has 1 aromatic carbocycles. The summed E-state index contributed by atoms with van der Waals surface area (Å²) in [4.78, 5) is 12.4. The van der Waals surface area contributed by atoms with Gasteiger partial charge in [-0.25, -0.2) is 0 Å². The van der Waals surface area contributed by atoms with E-state index in [2.05, 4.69) is 5.32 Å². The molecule has 1 rings (SSSR count). The zero-order valence-electron chi connectivity index (χ0n) is 11.6. The first kappa shape index (κ1) is 15.8. The molecule has 0 atom stereocenters. The Hall–Kier alpha value is -1.26. The van der Waals surface area contributed by atoms with Crippen LogP contribution in [0.3, 0.4) is 0 Å². The molecule has 0 aliphatic carbocycles.